The molecule has 3 rings (SSSR count). The van der Waals surface area contributed by atoms with Crippen LogP contribution in [0.4, 0.5) is 11.6 Å². The number of aliphatic hydroxyl groups excluding tert-OH is 2. The lowest BCUT2D eigenvalue weighted by molar-refractivity contribution is -0.123. The van der Waals surface area contributed by atoms with E-state index < -0.39 is 30.6 Å². The highest BCUT2D eigenvalue weighted by Crippen LogP contribution is 2.25. The van der Waals surface area contributed by atoms with Crippen LogP contribution in [-0.2, 0) is 4.79 Å². The Hall–Kier alpha value is -3.71. The first-order chi connectivity index (χ1) is 17.3. The molecule has 2 atom stereocenters. The highest BCUT2D eigenvalue weighted by molar-refractivity contribution is 6.31. The number of nitrogens with one attached hydrogen (secondary N) is 3. The number of nitrogens with zero attached hydrogens (tertiary/aromatic N) is 2. The summed E-state index contributed by atoms with van der Waals surface area (Å²) in [4.78, 5) is 32.1. The van der Waals surface area contributed by atoms with Gasteiger partial charge >= 0.3 is 0 Å². The first-order valence-electron chi connectivity index (χ1n) is 11.1. The topological polar surface area (TPSA) is 198 Å². The van der Waals surface area contributed by atoms with Gasteiger partial charge in [0.15, 0.2) is 22.5 Å². The summed E-state index contributed by atoms with van der Waals surface area (Å²) in [6.07, 6.45) is -0.776. The molecule has 0 aliphatic rings. The van der Waals surface area contributed by atoms with Crippen LogP contribution in [0.2, 0.25) is 5.15 Å². The minimum absolute atomic E-state index is 0.0904. The molecule has 12 nitrogen and oxygen atoms in total. The molecule has 36 heavy (non-hydrogen) atoms. The average Bonchev–Trinajstić information content (AvgIpc) is 2.87. The molecule has 192 valence electrons. The number of carbonyl (C=O) groups is 2. The normalized spacial score (nSPS) is 12.6. The van der Waals surface area contributed by atoms with Gasteiger partial charge in [-0.15, -0.1) is 0 Å². The number of nitrogens with two attached hydrogens (primary N) is 2. The molecule has 1 heterocycles. The molecule has 0 saturated carbocycles. The summed E-state index contributed by atoms with van der Waals surface area (Å²) in [6, 6.07) is 12.3. The Kier molecular flexibility index (Phi) is 9.59. The molecule has 0 aliphatic carbocycles. The molecule has 0 fully saturated rings. The van der Waals surface area contributed by atoms with E-state index in [1.807, 2.05) is 42.5 Å². The molecule has 9 N–H and O–H groups in total. The van der Waals surface area contributed by atoms with Crippen molar-refractivity contribution in [1.29, 1.82) is 0 Å². The Morgan fingerprint density at radius 1 is 1.06 bits per heavy atom. The number of aromatic nitrogens is 2. The fraction of sp³-hybridized carbons (Fsp3) is 0.304. The maximum Gasteiger partial charge on any atom is 0.274 e. The van der Waals surface area contributed by atoms with Crippen molar-refractivity contribution in [2.45, 2.75) is 12.1 Å². The van der Waals surface area contributed by atoms with E-state index in [0.29, 0.717) is 12.3 Å². The van der Waals surface area contributed by atoms with Crippen molar-refractivity contribution < 1.29 is 24.5 Å². The van der Waals surface area contributed by atoms with Gasteiger partial charge in [0.2, 0.25) is 5.91 Å². The van der Waals surface area contributed by atoms with Crippen LogP contribution in [0, 0.1) is 0 Å². The van der Waals surface area contributed by atoms with E-state index in [-0.39, 0.29) is 42.2 Å². The summed E-state index contributed by atoms with van der Waals surface area (Å²) in [5, 5.41) is 29.4. The minimum atomic E-state index is -1.25. The summed E-state index contributed by atoms with van der Waals surface area (Å²) in [7, 11) is 0. The highest BCUT2D eigenvalue weighted by atomic mass is 35.5. The standard InChI is InChI=1S/C23H28ClN7O5/c24-19-21(26)31-20(25)18(30-19)23(35)29-16(11-32)22(34)28-9-8-27-10-14(33)12-36-17-7-3-5-13-4-1-2-6-15(13)17/h1-7,14,16,27,32-33H,8-12H2,(H,28,34)(H,29,35)(H4,25,26,31). The zero-order valence-corrected chi connectivity index (χ0v) is 20.0. The van der Waals surface area contributed by atoms with Crippen molar-refractivity contribution in [3.05, 3.63) is 53.3 Å². The van der Waals surface area contributed by atoms with E-state index in [1.165, 1.54) is 0 Å². The van der Waals surface area contributed by atoms with Crippen LogP contribution in [0.25, 0.3) is 10.8 Å². The van der Waals surface area contributed by atoms with Crippen molar-refractivity contribution in [2.24, 2.45) is 0 Å². The number of anilines is 2. The van der Waals surface area contributed by atoms with Gasteiger partial charge in [0.1, 0.15) is 24.5 Å². The fourth-order valence-electron chi connectivity index (χ4n) is 3.26. The van der Waals surface area contributed by atoms with Gasteiger partial charge in [-0.1, -0.05) is 48.0 Å². The molecule has 2 amide bonds. The average molecular weight is 518 g/mol. The molecule has 0 saturated heterocycles. The lowest BCUT2D eigenvalue weighted by atomic mass is 10.1. The second-order valence-electron chi connectivity index (χ2n) is 7.78. The molecule has 2 unspecified atom stereocenters. The van der Waals surface area contributed by atoms with Gasteiger partial charge in [-0.2, -0.15) is 0 Å². The van der Waals surface area contributed by atoms with Crippen LogP contribution < -0.4 is 32.2 Å². The lowest BCUT2D eigenvalue weighted by Crippen LogP contribution is -2.50. The molecule has 1 aromatic heterocycles. The SMILES string of the molecule is Nc1nc(N)c(C(=O)NC(CO)C(=O)NCCNCC(O)COc2cccc3ccccc23)nc1Cl. The van der Waals surface area contributed by atoms with E-state index in [9.17, 15) is 19.8 Å². The third kappa shape index (κ3) is 7.15. The smallest absolute Gasteiger partial charge is 0.274 e. The van der Waals surface area contributed by atoms with Crippen molar-refractivity contribution in [3.8, 4) is 5.75 Å². The van der Waals surface area contributed by atoms with Crippen molar-refractivity contribution >= 4 is 45.8 Å². The van der Waals surface area contributed by atoms with Crippen molar-refractivity contribution in [3.63, 3.8) is 0 Å². The molecule has 0 aliphatic heterocycles. The van der Waals surface area contributed by atoms with Gasteiger partial charge in [-0.3, -0.25) is 9.59 Å². The first-order valence-corrected chi connectivity index (χ1v) is 11.4. The number of ether oxygens (including phenoxy) is 1. The van der Waals surface area contributed by atoms with Crippen molar-refractivity contribution in [2.75, 3.05) is 44.3 Å². The fourth-order valence-corrected chi connectivity index (χ4v) is 3.39. The molecule has 0 bridgehead atoms. The summed E-state index contributed by atoms with van der Waals surface area (Å²) in [5.41, 5.74) is 10.8. The van der Waals surface area contributed by atoms with Crippen molar-refractivity contribution in [1.82, 2.24) is 25.9 Å². The molecule has 2 aromatic carbocycles. The zero-order chi connectivity index (χ0) is 26.1. The number of fused-ring (bicyclic) bond motifs is 1. The lowest BCUT2D eigenvalue weighted by Gasteiger charge is -2.17. The van der Waals surface area contributed by atoms with Crippen LogP contribution in [0.5, 0.6) is 5.75 Å². The van der Waals surface area contributed by atoms with Crippen LogP contribution >= 0.6 is 11.6 Å². The monoisotopic (exact) mass is 517 g/mol. The summed E-state index contributed by atoms with van der Waals surface area (Å²) >= 11 is 5.76. The quantitative estimate of drug-likeness (QED) is 0.156. The van der Waals surface area contributed by atoms with Gasteiger partial charge in [0.25, 0.3) is 5.91 Å². The third-order valence-corrected chi connectivity index (χ3v) is 5.36. The van der Waals surface area contributed by atoms with Gasteiger partial charge in [-0.05, 0) is 11.5 Å². The molecule has 0 spiro atoms. The van der Waals surface area contributed by atoms with E-state index >= 15 is 0 Å². The largest absolute Gasteiger partial charge is 0.490 e. The van der Waals surface area contributed by atoms with E-state index in [0.717, 1.165) is 10.8 Å². The van der Waals surface area contributed by atoms with E-state index in [2.05, 4.69) is 25.9 Å². The molecule has 0 radical (unpaired) electrons. The van der Waals surface area contributed by atoms with Crippen LogP contribution in [0.15, 0.2) is 42.5 Å². The van der Waals surface area contributed by atoms with Gasteiger partial charge in [-0.25, -0.2) is 9.97 Å². The Morgan fingerprint density at radius 3 is 2.58 bits per heavy atom. The maximum absolute atomic E-state index is 12.4. The Bertz CT molecular complexity index is 1210. The van der Waals surface area contributed by atoms with E-state index in [1.54, 1.807) is 0 Å². The Labute approximate surface area is 212 Å². The molecule has 3 aromatic rings. The number of halogens is 1. The van der Waals surface area contributed by atoms with Crippen LogP contribution in [0.3, 0.4) is 0 Å². The Morgan fingerprint density at radius 2 is 1.81 bits per heavy atom. The molecular formula is C23H28ClN7O5. The summed E-state index contributed by atoms with van der Waals surface area (Å²) in [5.74, 6) is -1.19. The highest BCUT2D eigenvalue weighted by Gasteiger charge is 2.23. The predicted molar refractivity (Wildman–Crippen MR) is 136 cm³/mol. The minimum Gasteiger partial charge on any atom is -0.490 e. The molecular weight excluding hydrogens is 490 g/mol. The van der Waals surface area contributed by atoms with Crippen LogP contribution in [-0.4, -0.2) is 77.0 Å². The number of benzene rings is 2. The van der Waals surface area contributed by atoms with E-state index in [4.69, 9.17) is 27.8 Å². The number of aliphatic hydroxyl groups is 2. The second kappa shape index (κ2) is 12.8. The predicted octanol–water partition coefficient (Wildman–Crippen LogP) is -0.316. The van der Waals surface area contributed by atoms with Gasteiger partial charge < -0.3 is 42.4 Å². The summed E-state index contributed by atoms with van der Waals surface area (Å²) < 4.78 is 5.76. The van der Waals surface area contributed by atoms with Gasteiger partial charge in [0, 0.05) is 25.0 Å². The third-order valence-electron chi connectivity index (χ3n) is 5.09. The number of amides is 2. The maximum atomic E-state index is 12.4. The summed E-state index contributed by atoms with van der Waals surface area (Å²) in [6.45, 7) is 0.169. The second-order valence-corrected chi connectivity index (χ2v) is 8.14. The Balaban J connectivity index is 1.38. The van der Waals surface area contributed by atoms with Gasteiger partial charge in [0.05, 0.1) is 6.61 Å². The first kappa shape index (κ1) is 26.9. The molecule has 13 heteroatoms. The zero-order valence-electron chi connectivity index (χ0n) is 19.3. The number of carbonyl (C=O) groups excluding carboxylic acids is 2. The number of hydrogen-bond donors (Lipinski definition) is 7. The number of rotatable bonds is 12. The number of hydrogen-bond acceptors (Lipinski definition) is 10. The van der Waals surface area contributed by atoms with Crippen LogP contribution in [0.1, 0.15) is 10.5 Å². The number of nitrogen functional groups attached to an aromatic ring is 2.